The van der Waals surface area contributed by atoms with Gasteiger partial charge in [-0.25, -0.2) is 17.1 Å². The van der Waals surface area contributed by atoms with Crippen molar-refractivity contribution in [1.29, 1.82) is 0 Å². The lowest BCUT2D eigenvalue weighted by Crippen LogP contribution is -2.43. The minimum Gasteiger partial charge on any atom is -0.355 e. The van der Waals surface area contributed by atoms with Gasteiger partial charge in [0.1, 0.15) is 5.82 Å². The number of nitrogens with zero attached hydrogens (tertiary/aromatic N) is 1. The van der Waals surface area contributed by atoms with Crippen LogP contribution in [0.4, 0.5) is 4.39 Å². The fraction of sp³-hybridized carbons (Fsp3) is 0.435. The van der Waals surface area contributed by atoms with Gasteiger partial charge in [0.05, 0.1) is 5.75 Å². The maximum Gasteiger partial charge on any atom is 0.223 e. The van der Waals surface area contributed by atoms with Crippen molar-refractivity contribution in [3.05, 3.63) is 70.0 Å². The summed E-state index contributed by atoms with van der Waals surface area (Å²) in [4.78, 5) is 12.5. The summed E-state index contributed by atoms with van der Waals surface area (Å²) < 4.78 is 40.7. The summed E-state index contributed by atoms with van der Waals surface area (Å²) in [6.07, 6.45) is 1.02. The van der Waals surface area contributed by atoms with Crippen molar-refractivity contribution >= 4 is 39.3 Å². The van der Waals surface area contributed by atoms with Gasteiger partial charge in [0.15, 0.2) is 0 Å². The standard InChI is InChI=1S/C23H28ClFN2O3S2/c1-17-4-2-5-18(14-17)16-32(29,30)27-11-8-19(9-12-27)23(28)26-10-13-31-15-20-21(24)6-3-7-22(20)25/h2-7,14,19H,8-13,15-16H2,1H3,(H,26,28). The number of thioether (sulfide) groups is 1. The summed E-state index contributed by atoms with van der Waals surface area (Å²) in [5, 5.41) is 3.32. The van der Waals surface area contributed by atoms with E-state index in [1.165, 1.54) is 22.1 Å². The van der Waals surface area contributed by atoms with E-state index in [0.29, 0.717) is 54.6 Å². The maximum absolute atomic E-state index is 13.8. The number of carbonyl (C=O) groups excluding carboxylic acids is 1. The lowest BCUT2D eigenvalue weighted by molar-refractivity contribution is -0.125. The van der Waals surface area contributed by atoms with E-state index in [-0.39, 0.29) is 23.4 Å². The molecule has 0 aromatic heterocycles. The van der Waals surface area contributed by atoms with Crippen molar-refractivity contribution in [2.24, 2.45) is 5.92 Å². The smallest absolute Gasteiger partial charge is 0.223 e. The van der Waals surface area contributed by atoms with Crippen molar-refractivity contribution < 1.29 is 17.6 Å². The van der Waals surface area contributed by atoms with Crippen LogP contribution < -0.4 is 5.32 Å². The predicted octanol–water partition coefficient (Wildman–Crippen LogP) is 4.38. The molecule has 1 fully saturated rings. The molecule has 0 unspecified atom stereocenters. The van der Waals surface area contributed by atoms with Crippen LogP contribution in [0.3, 0.4) is 0 Å². The van der Waals surface area contributed by atoms with Crippen LogP contribution in [-0.2, 0) is 26.3 Å². The lowest BCUT2D eigenvalue weighted by atomic mass is 9.97. The Morgan fingerprint density at radius 3 is 2.62 bits per heavy atom. The molecule has 1 saturated heterocycles. The molecule has 0 bridgehead atoms. The first-order valence-electron chi connectivity index (χ1n) is 10.6. The Balaban J connectivity index is 1.38. The van der Waals surface area contributed by atoms with Gasteiger partial charge in [-0.15, -0.1) is 0 Å². The van der Waals surface area contributed by atoms with E-state index in [2.05, 4.69) is 5.32 Å². The van der Waals surface area contributed by atoms with E-state index >= 15 is 0 Å². The zero-order chi connectivity index (χ0) is 23.1. The van der Waals surface area contributed by atoms with Gasteiger partial charge < -0.3 is 5.32 Å². The summed E-state index contributed by atoms with van der Waals surface area (Å²) in [6, 6.07) is 12.1. The van der Waals surface area contributed by atoms with E-state index < -0.39 is 10.0 Å². The molecule has 1 aliphatic rings. The average molecular weight is 499 g/mol. The number of benzene rings is 2. The molecule has 0 aliphatic carbocycles. The highest BCUT2D eigenvalue weighted by atomic mass is 35.5. The van der Waals surface area contributed by atoms with Crippen molar-refractivity contribution in [1.82, 2.24) is 9.62 Å². The molecule has 1 heterocycles. The van der Waals surface area contributed by atoms with Crippen LogP contribution in [0.2, 0.25) is 5.02 Å². The number of carbonyl (C=O) groups is 1. The molecular formula is C23H28ClFN2O3S2. The van der Waals surface area contributed by atoms with Crippen LogP contribution in [0, 0.1) is 18.7 Å². The van der Waals surface area contributed by atoms with Crippen LogP contribution in [-0.4, -0.2) is 44.0 Å². The third-order valence-electron chi connectivity index (χ3n) is 5.50. The highest BCUT2D eigenvalue weighted by Gasteiger charge is 2.31. The number of hydrogen-bond donors (Lipinski definition) is 1. The molecule has 2 aromatic rings. The van der Waals surface area contributed by atoms with Gasteiger partial charge in [-0.05, 0) is 37.5 Å². The molecule has 174 valence electrons. The summed E-state index contributed by atoms with van der Waals surface area (Å²) >= 11 is 7.52. The summed E-state index contributed by atoms with van der Waals surface area (Å²) in [5.74, 6) is 0.503. The highest BCUT2D eigenvalue weighted by molar-refractivity contribution is 7.98. The van der Waals surface area contributed by atoms with Crippen LogP contribution in [0.5, 0.6) is 0 Å². The van der Waals surface area contributed by atoms with Crippen LogP contribution >= 0.6 is 23.4 Å². The number of halogens is 2. The number of nitrogens with one attached hydrogen (secondary N) is 1. The second-order valence-corrected chi connectivity index (χ2v) is 11.4. The first-order valence-corrected chi connectivity index (χ1v) is 13.7. The van der Waals surface area contributed by atoms with Crippen LogP contribution in [0.25, 0.3) is 0 Å². The Morgan fingerprint density at radius 2 is 1.94 bits per heavy atom. The molecule has 9 heteroatoms. The molecular weight excluding hydrogens is 471 g/mol. The molecule has 0 spiro atoms. The number of amides is 1. The van der Waals surface area contributed by atoms with Gasteiger partial charge in [0, 0.05) is 47.6 Å². The van der Waals surface area contributed by atoms with Gasteiger partial charge in [-0.2, -0.15) is 11.8 Å². The fourth-order valence-electron chi connectivity index (χ4n) is 3.74. The number of piperidine rings is 1. The van der Waals surface area contributed by atoms with E-state index in [0.717, 1.165) is 11.1 Å². The van der Waals surface area contributed by atoms with Gasteiger partial charge in [-0.3, -0.25) is 4.79 Å². The minimum absolute atomic E-state index is 0.0191. The van der Waals surface area contributed by atoms with Crippen molar-refractivity contribution in [3.63, 3.8) is 0 Å². The Labute approximate surface area is 198 Å². The molecule has 1 amide bonds. The highest BCUT2D eigenvalue weighted by Crippen LogP contribution is 2.24. The molecule has 0 saturated carbocycles. The normalized spacial score (nSPS) is 15.6. The van der Waals surface area contributed by atoms with Gasteiger partial charge >= 0.3 is 0 Å². The lowest BCUT2D eigenvalue weighted by Gasteiger charge is -2.30. The van der Waals surface area contributed by atoms with Gasteiger partial charge in [0.2, 0.25) is 15.9 Å². The van der Waals surface area contributed by atoms with Crippen LogP contribution in [0.15, 0.2) is 42.5 Å². The average Bonchev–Trinajstić information content (AvgIpc) is 2.75. The SMILES string of the molecule is Cc1cccc(CS(=O)(=O)N2CCC(C(=O)NCCSCc3c(F)cccc3Cl)CC2)c1. The molecule has 1 aliphatic heterocycles. The fourth-order valence-corrected chi connectivity index (χ4v) is 6.48. The summed E-state index contributed by atoms with van der Waals surface area (Å²) in [5.41, 5.74) is 2.28. The number of aryl methyl sites for hydroxylation is 1. The van der Waals surface area contributed by atoms with Crippen molar-refractivity contribution in [3.8, 4) is 0 Å². The van der Waals surface area contributed by atoms with Gasteiger partial charge in [0.25, 0.3) is 0 Å². The second kappa shape index (κ2) is 11.5. The number of rotatable bonds is 9. The van der Waals surface area contributed by atoms with Gasteiger partial charge in [-0.1, -0.05) is 47.5 Å². The maximum atomic E-state index is 13.8. The monoisotopic (exact) mass is 498 g/mol. The van der Waals surface area contributed by atoms with E-state index in [9.17, 15) is 17.6 Å². The number of hydrogen-bond acceptors (Lipinski definition) is 4. The molecule has 5 nitrogen and oxygen atoms in total. The van der Waals surface area contributed by atoms with E-state index in [1.54, 1.807) is 12.1 Å². The van der Waals surface area contributed by atoms with Crippen LogP contribution in [0.1, 0.15) is 29.5 Å². The topological polar surface area (TPSA) is 66.5 Å². The molecule has 0 radical (unpaired) electrons. The molecule has 1 N–H and O–H groups in total. The zero-order valence-corrected chi connectivity index (χ0v) is 20.4. The van der Waals surface area contributed by atoms with Crippen molar-refractivity contribution in [2.75, 3.05) is 25.4 Å². The molecule has 32 heavy (non-hydrogen) atoms. The molecule has 2 aromatic carbocycles. The second-order valence-electron chi connectivity index (χ2n) is 7.96. The van der Waals surface area contributed by atoms with E-state index in [1.807, 2.05) is 31.2 Å². The number of sulfonamides is 1. The first-order chi connectivity index (χ1) is 15.3. The predicted molar refractivity (Wildman–Crippen MR) is 129 cm³/mol. The quantitative estimate of drug-likeness (QED) is 0.521. The Bertz CT molecular complexity index is 1020. The summed E-state index contributed by atoms with van der Waals surface area (Å²) in [6.45, 7) is 3.12. The zero-order valence-electron chi connectivity index (χ0n) is 18.0. The third kappa shape index (κ3) is 6.94. The third-order valence-corrected chi connectivity index (χ3v) is 8.69. The largest absolute Gasteiger partial charge is 0.355 e. The first kappa shape index (κ1) is 25.0. The Hall–Kier alpha value is -1.61. The van der Waals surface area contributed by atoms with Crippen molar-refractivity contribution in [2.45, 2.75) is 31.3 Å². The Kier molecular flexibility index (Phi) is 8.99. The summed E-state index contributed by atoms with van der Waals surface area (Å²) in [7, 11) is -3.40. The minimum atomic E-state index is -3.40. The van der Waals surface area contributed by atoms with E-state index in [4.69, 9.17) is 11.6 Å². The molecule has 3 rings (SSSR count). The molecule has 0 atom stereocenters. The Morgan fingerprint density at radius 1 is 1.22 bits per heavy atom.